The van der Waals surface area contributed by atoms with Crippen LogP contribution in [0.3, 0.4) is 0 Å². The van der Waals surface area contributed by atoms with Gasteiger partial charge in [-0.25, -0.2) is 0 Å². The van der Waals surface area contributed by atoms with Crippen LogP contribution < -0.4 is 0 Å². The maximum Gasteiger partial charge on any atom is 0.309 e. The second kappa shape index (κ2) is 10.5. The zero-order valence-electron chi connectivity index (χ0n) is 16.6. The van der Waals surface area contributed by atoms with E-state index >= 15 is 0 Å². The number of carboxylic acids is 1. The van der Waals surface area contributed by atoms with Gasteiger partial charge in [-0.1, -0.05) is 35.9 Å². The Morgan fingerprint density at radius 3 is 2.60 bits per heavy atom. The fraction of sp³-hybridized carbons (Fsp3) is 0.409. The Bertz CT molecular complexity index is 967. The van der Waals surface area contributed by atoms with Crippen LogP contribution in [0.4, 0.5) is 0 Å². The predicted molar refractivity (Wildman–Crippen MR) is 118 cm³/mol. The van der Waals surface area contributed by atoms with Crippen LogP contribution in [-0.2, 0) is 27.5 Å². The van der Waals surface area contributed by atoms with E-state index in [9.17, 15) is 14.7 Å². The number of hydrogen-bond donors (Lipinski definition) is 2. The van der Waals surface area contributed by atoms with Crippen molar-refractivity contribution in [3.8, 4) is 5.88 Å². The van der Waals surface area contributed by atoms with Crippen LogP contribution in [0.15, 0.2) is 35.9 Å². The number of ether oxygens (including phenoxy) is 1. The van der Waals surface area contributed by atoms with Crippen molar-refractivity contribution < 1.29 is 24.5 Å². The lowest BCUT2D eigenvalue weighted by Crippen LogP contribution is -2.21. The van der Waals surface area contributed by atoms with Crippen molar-refractivity contribution >= 4 is 41.6 Å². The summed E-state index contributed by atoms with van der Waals surface area (Å²) in [5, 5.41) is 19.2. The zero-order valence-corrected chi connectivity index (χ0v) is 18.2. The van der Waals surface area contributed by atoms with Gasteiger partial charge >= 0.3 is 11.9 Å². The maximum atomic E-state index is 12.3. The highest BCUT2D eigenvalue weighted by molar-refractivity contribution is 7.73. The average Bonchev–Trinajstić information content (AvgIpc) is 3.00. The molecule has 0 saturated heterocycles. The van der Waals surface area contributed by atoms with E-state index in [4.69, 9.17) is 22.1 Å². The molecule has 1 fully saturated rings. The van der Waals surface area contributed by atoms with Crippen molar-refractivity contribution in [3.63, 3.8) is 0 Å². The number of nitrogens with zero attached hydrogens (tertiary/aromatic N) is 1. The summed E-state index contributed by atoms with van der Waals surface area (Å²) in [7, 11) is 0. The van der Waals surface area contributed by atoms with Gasteiger partial charge in [0.15, 0.2) is 3.95 Å². The molecule has 1 aliphatic rings. The Morgan fingerprint density at radius 1 is 1.23 bits per heavy atom. The molecule has 1 heterocycles. The predicted octanol–water partition coefficient (Wildman–Crippen LogP) is 5.17. The molecule has 0 spiro atoms. The fourth-order valence-corrected chi connectivity index (χ4v) is 4.84. The van der Waals surface area contributed by atoms with Crippen LogP contribution in [0.2, 0.25) is 0 Å². The van der Waals surface area contributed by atoms with Crippen LogP contribution in [0, 0.1) is 9.87 Å². The van der Waals surface area contributed by atoms with Crippen molar-refractivity contribution in [1.82, 2.24) is 4.57 Å². The lowest BCUT2D eigenvalue weighted by atomic mass is 9.85. The van der Waals surface area contributed by atoms with E-state index in [0.29, 0.717) is 28.4 Å². The monoisotopic (exact) mass is 447 g/mol. The molecule has 6 nitrogen and oxygen atoms in total. The molecule has 2 N–H and O–H groups in total. The summed E-state index contributed by atoms with van der Waals surface area (Å²) in [6, 6.07) is 9.64. The van der Waals surface area contributed by atoms with Gasteiger partial charge in [0.25, 0.3) is 0 Å². The Morgan fingerprint density at radius 2 is 1.93 bits per heavy atom. The van der Waals surface area contributed by atoms with Crippen LogP contribution in [0.25, 0.3) is 6.08 Å². The van der Waals surface area contributed by atoms with Gasteiger partial charge in [-0.3, -0.25) is 14.2 Å². The van der Waals surface area contributed by atoms with Crippen molar-refractivity contribution in [2.24, 2.45) is 5.92 Å². The lowest BCUT2D eigenvalue weighted by Gasteiger charge is -2.22. The van der Waals surface area contributed by atoms with E-state index in [1.54, 1.807) is 4.57 Å². The fourth-order valence-electron chi connectivity index (χ4n) is 3.49. The molecule has 0 bridgehead atoms. The first-order valence-corrected chi connectivity index (χ1v) is 11.2. The number of carbonyl (C=O) groups excluding carboxylic acids is 1. The third-order valence-electron chi connectivity index (χ3n) is 5.19. The molecule has 1 aliphatic carbocycles. The second-order valence-electron chi connectivity index (χ2n) is 7.37. The normalized spacial score (nSPS) is 16.3. The summed E-state index contributed by atoms with van der Waals surface area (Å²) in [6.07, 6.45) is 5.40. The maximum absolute atomic E-state index is 12.3. The van der Waals surface area contributed by atoms with Crippen molar-refractivity contribution in [1.29, 1.82) is 0 Å². The number of thiazole rings is 1. The first kappa shape index (κ1) is 22.2. The van der Waals surface area contributed by atoms with Crippen LogP contribution in [0.5, 0.6) is 5.88 Å². The van der Waals surface area contributed by atoms with Gasteiger partial charge in [-0.05, 0) is 56.0 Å². The number of carboxylic acid groups (broad SMARTS) is 1. The van der Waals surface area contributed by atoms with E-state index < -0.39 is 5.97 Å². The first-order chi connectivity index (χ1) is 14.4. The standard InChI is InChI=1S/C22H25NO5S2/c24-19(25)7-4-12-23-20(26)18(30-22(23)29)13-15-8-10-17(11-9-15)21(27)28-14-16-5-2-1-3-6-16/h1-3,5-6,13,17,26H,4,7-12,14H2,(H,24,25). The minimum absolute atomic E-state index is 0.0369. The lowest BCUT2D eigenvalue weighted by molar-refractivity contribution is -0.150. The molecule has 8 heteroatoms. The first-order valence-electron chi connectivity index (χ1n) is 9.98. The summed E-state index contributed by atoms with van der Waals surface area (Å²) < 4.78 is 7.57. The summed E-state index contributed by atoms with van der Waals surface area (Å²) in [6.45, 7) is 0.678. The van der Waals surface area contributed by atoms with Crippen LogP contribution in [0.1, 0.15) is 49.0 Å². The topological polar surface area (TPSA) is 88.8 Å². The molecule has 0 atom stereocenters. The molecule has 0 unspecified atom stereocenters. The van der Waals surface area contributed by atoms with Crippen molar-refractivity contribution in [2.75, 3.05) is 0 Å². The third kappa shape index (κ3) is 6.03. The summed E-state index contributed by atoms with van der Waals surface area (Å²) in [5.41, 5.74) is 2.15. The molecule has 160 valence electrons. The summed E-state index contributed by atoms with van der Waals surface area (Å²) >= 11 is 6.63. The minimum atomic E-state index is -0.863. The molecule has 0 amide bonds. The molecule has 2 aromatic rings. The van der Waals surface area contributed by atoms with E-state index in [2.05, 4.69) is 0 Å². The van der Waals surface area contributed by atoms with Gasteiger partial charge < -0.3 is 14.9 Å². The third-order valence-corrected chi connectivity index (χ3v) is 6.57. The van der Waals surface area contributed by atoms with Gasteiger partial charge in [0.1, 0.15) is 6.61 Å². The number of allylic oxidation sites excluding steroid dienone is 1. The van der Waals surface area contributed by atoms with E-state index in [1.807, 2.05) is 36.4 Å². The molecule has 30 heavy (non-hydrogen) atoms. The molecule has 1 saturated carbocycles. The zero-order chi connectivity index (χ0) is 21.5. The highest BCUT2D eigenvalue weighted by Gasteiger charge is 2.25. The highest BCUT2D eigenvalue weighted by Crippen LogP contribution is 2.34. The average molecular weight is 448 g/mol. The largest absolute Gasteiger partial charge is 0.493 e. The SMILES string of the molecule is O=C(O)CCCn1c(O)c(C=C2CCC(C(=O)OCc3ccccc3)CC2)sc1=S. The minimum Gasteiger partial charge on any atom is -0.493 e. The molecule has 0 radical (unpaired) electrons. The number of benzene rings is 1. The van der Waals surface area contributed by atoms with E-state index in [-0.39, 0.29) is 24.2 Å². The van der Waals surface area contributed by atoms with Crippen molar-refractivity contribution in [3.05, 3.63) is 50.3 Å². The quantitative estimate of drug-likeness (QED) is 0.429. The number of aromatic nitrogens is 1. The van der Waals surface area contributed by atoms with Gasteiger partial charge in [-0.2, -0.15) is 0 Å². The Labute approximate surface area is 184 Å². The van der Waals surface area contributed by atoms with E-state index in [1.165, 1.54) is 16.9 Å². The number of esters is 1. The van der Waals surface area contributed by atoms with Crippen molar-refractivity contribution in [2.45, 2.75) is 51.7 Å². The summed E-state index contributed by atoms with van der Waals surface area (Å²) in [5.74, 6) is -1.02. The van der Waals surface area contributed by atoms with Gasteiger partial charge in [0.05, 0.1) is 10.8 Å². The molecule has 1 aromatic carbocycles. The van der Waals surface area contributed by atoms with E-state index in [0.717, 1.165) is 31.2 Å². The smallest absolute Gasteiger partial charge is 0.309 e. The van der Waals surface area contributed by atoms with Gasteiger partial charge in [-0.15, -0.1) is 11.3 Å². The highest BCUT2D eigenvalue weighted by atomic mass is 32.1. The molecular formula is C22H25NO5S2. The Kier molecular flexibility index (Phi) is 7.81. The number of hydrogen-bond acceptors (Lipinski definition) is 6. The Hall–Kier alpha value is -2.45. The number of aromatic hydroxyl groups is 1. The Balaban J connectivity index is 1.53. The molecular weight excluding hydrogens is 422 g/mol. The van der Waals surface area contributed by atoms with Gasteiger partial charge in [0, 0.05) is 13.0 Å². The number of carbonyl (C=O) groups is 2. The van der Waals surface area contributed by atoms with Gasteiger partial charge in [0.2, 0.25) is 5.88 Å². The van der Waals surface area contributed by atoms with Crippen LogP contribution in [-0.4, -0.2) is 26.7 Å². The molecule has 3 rings (SSSR count). The summed E-state index contributed by atoms with van der Waals surface area (Å²) in [4.78, 5) is 23.7. The van der Waals surface area contributed by atoms with Crippen LogP contribution >= 0.6 is 23.6 Å². The number of aliphatic carboxylic acids is 1. The number of rotatable bonds is 8. The molecule has 1 aromatic heterocycles. The molecule has 0 aliphatic heterocycles. The second-order valence-corrected chi connectivity index (χ2v) is 9.05.